The number of morpholine rings is 1. The lowest BCUT2D eigenvalue weighted by atomic mass is 10.1. The zero-order valence-electron chi connectivity index (χ0n) is 12.5. The number of aromatic nitrogens is 2. The van der Waals surface area contributed by atoms with E-state index in [2.05, 4.69) is 4.98 Å². The summed E-state index contributed by atoms with van der Waals surface area (Å²) in [6.07, 6.45) is 1.06. The highest BCUT2D eigenvalue weighted by atomic mass is 35.5. The molecule has 1 aromatic rings. The Bertz CT molecular complexity index is 614. The zero-order valence-corrected chi connectivity index (χ0v) is 14.1. The van der Waals surface area contributed by atoms with E-state index in [-0.39, 0.29) is 29.4 Å². The van der Waals surface area contributed by atoms with Crippen LogP contribution >= 0.6 is 11.6 Å². The minimum Gasteiger partial charge on any atom is -0.382 e. The van der Waals surface area contributed by atoms with Crippen LogP contribution in [0.2, 0.25) is 5.15 Å². The molecule has 0 aromatic carbocycles. The van der Waals surface area contributed by atoms with Crippen molar-refractivity contribution >= 4 is 21.6 Å². The smallest absolute Gasteiger partial charge is 0.263 e. The molecule has 120 valence electrons. The van der Waals surface area contributed by atoms with Crippen molar-refractivity contribution in [3.05, 3.63) is 11.5 Å². The summed E-state index contributed by atoms with van der Waals surface area (Å²) < 4.78 is 39.2. The van der Waals surface area contributed by atoms with Crippen LogP contribution in [0.3, 0.4) is 0 Å². The second kappa shape index (κ2) is 5.85. The number of nitrogens with zero attached hydrogens (tertiary/aromatic N) is 3. The third-order valence-corrected chi connectivity index (χ3v) is 5.52. The zero-order chi connectivity index (χ0) is 15.8. The number of ether oxygens (including phenoxy) is 2. The first kappa shape index (κ1) is 16.7. The summed E-state index contributed by atoms with van der Waals surface area (Å²) in [6.45, 7) is 4.47. The lowest BCUT2D eigenvalue weighted by Crippen LogP contribution is -2.55. The molecule has 0 radical (unpaired) electrons. The fraction of sp³-hybridized carbons (Fsp3) is 0.750. The Morgan fingerprint density at radius 2 is 2.24 bits per heavy atom. The number of imidazole rings is 1. The molecular formula is C12H20ClN3O4S. The van der Waals surface area contributed by atoms with Gasteiger partial charge in [0.2, 0.25) is 5.03 Å². The van der Waals surface area contributed by atoms with Crippen LogP contribution in [0.25, 0.3) is 0 Å². The minimum atomic E-state index is -3.76. The largest absolute Gasteiger partial charge is 0.382 e. The second-order valence-corrected chi connectivity index (χ2v) is 7.92. The van der Waals surface area contributed by atoms with E-state index in [4.69, 9.17) is 21.1 Å². The van der Waals surface area contributed by atoms with E-state index in [1.165, 1.54) is 15.2 Å². The summed E-state index contributed by atoms with van der Waals surface area (Å²) in [5, 5.41) is -0.0249. The van der Waals surface area contributed by atoms with Gasteiger partial charge in [-0.2, -0.15) is 4.31 Å². The molecule has 0 N–H and O–H groups in total. The summed E-state index contributed by atoms with van der Waals surface area (Å²) in [5.41, 5.74) is -0.601. The maximum atomic E-state index is 12.7. The molecular weight excluding hydrogens is 318 g/mol. The summed E-state index contributed by atoms with van der Waals surface area (Å²) in [6, 6.07) is 0. The van der Waals surface area contributed by atoms with Gasteiger partial charge in [-0.05, 0) is 13.8 Å². The van der Waals surface area contributed by atoms with E-state index >= 15 is 0 Å². The molecule has 2 rings (SSSR count). The molecule has 0 amide bonds. The van der Waals surface area contributed by atoms with Crippen molar-refractivity contribution in [3.8, 4) is 0 Å². The van der Waals surface area contributed by atoms with Crippen LogP contribution < -0.4 is 0 Å². The number of rotatable bonds is 4. The van der Waals surface area contributed by atoms with Gasteiger partial charge < -0.3 is 14.0 Å². The normalized spacial score (nSPS) is 23.4. The molecule has 2 heterocycles. The third kappa shape index (κ3) is 3.40. The van der Waals surface area contributed by atoms with Crippen LogP contribution in [-0.2, 0) is 26.5 Å². The summed E-state index contributed by atoms with van der Waals surface area (Å²) in [7, 11) is -0.561. The Morgan fingerprint density at radius 1 is 1.57 bits per heavy atom. The molecule has 1 aliphatic heterocycles. The van der Waals surface area contributed by atoms with Gasteiger partial charge in [-0.15, -0.1) is 0 Å². The van der Waals surface area contributed by atoms with E-state index < -0.39 is 15.6 Å². The first-order valence-electron chi connectivity index (χ1n) is 6.51. The SMILES string of the molecule is COC[C@@H]1CN(S(=O)(=O)c2ncn(C)c2Cl)CC(C)(C)O1. The molecule has 1 aromatic heterocycles. The molecule has 0 bridgehead atoms. The number of hydrogen-bond acceptors (Lipinski definition) is 5. The quantitative estimate of drug-likeness (QED) is 0.815. The van der Waals surface area contributed by atoms with Gasteiger partial charge in [0.15, 0.2) is 0 Å². The van der Waals surface area contributed by atoms with E-state index in [1.54, 1.807) is 14.2 Å². The fourth-order valence-electron chi connectivity index (χ4n) is 2.39. The van der Waals surface area contributed by atoms with Gasteiger partial charge in [0.05, 0.1) is 24.6 Å². The van der Waals surface area contributed by atoms with E-state index in [1.807, 2.05) is 13.8 Å². The monoisotopic (exact) mass is 337 g/mol. The first-order chi connectivity index (χ1) is 9.67. The highest BCUT2D eigenvalue weighted by molar-refractivity contribution is 7.89. The number of halogens is 1. The van der Waals surface area contributed by atoms with Crippen LogP contribution in [0.4, 0.5) is 0 Å². The van der Waals surface area contributed by atoms with E-state index in [0.717, 1.165) is 0 Å². The van der Waals surface area contributed by atoms with Crippen molar-refractivity contribution in [1.82, 2.24) is 13.9 Å². The predicted molar refractivity (Wildman–Crippen MR) is 77.8 cm³/mol. The Hall–Kier alpha value is -0.670. The molecule has 1 aliphatic rings. The van der Waals surface area contributed by atoms with E-state index in [9.17, 15) is 8.42 Å². The molecule has 0 unspecified atom stereocenters. The maximum absolute atomic E-state index is 12.7. The van der Waals surface area contributed by atoms with Crippen LogP contribution in [-0.4, -0.2) is 60.8 Å². The minimum absolute atomic E-state index is 0.0996. The number of hydrogen-bond donors (Lipinski definition) is 0. The van der Waals surface area contributed by atoms with Gasteiger partial charge in [0, 0.05) is 27.2 Å². The number of sulfonamides is 1. The molecule has 1 saturated heterocycles. The lowest BCUT2D eigenvalue weighted by Gasteiger charge is -2.41. The second-order valence-electron chi connectivity index (χ2n) is 5.70. The molecule has 0 saturated carbocycles. The van der Waals surface area contributed by atoms with Crippen molar-refractivity contribution in [2.75, 3.05) is 26.8 Å². The average molecular weight is 338 g/mol. The Labute approximate surface area is 129 Å². The topological polar surface area (TPSA) is 73.7 Å². The summed E-state index contributed by atoms with van der Waals surface area (Å²) >= 11 is 6.02. The van der Waals surface area contributed by atoms with E-state index in [0.29, 0.717) is 6.61 Å². The molecule has 7 nitrogen and oxygen atoms in total. The highest BCUT2D eigenvalue weighted by Gasteiger charge is 2.41. The highest BCUT2D eigenvalue weighted by Crippen LogP contribution is 2.28. The first-order valence-corrected chi connectivity index (χ1v) is 8.33. The van der Waals surface area contributed by atoms with Crippen molar-refractivity contribution in [2.45, 2.75) is 30.6 Å². The Morgan fingerprint density at radius 3 is 2.76 bits per heavy atom. The molecule has 1 atom stereocenters. The third-order valence-electron chi connectivity index (χ3n) is 3.22. The van der Waals surface area contributed by atoms with Crippen molar-refractivity contribution < 1.29 is 17.9 Å². The van der Waals surface area contributed by atoms with Crippen LogP contribution in [0, 0.1) is 0 Å². The van der Waals surface area contributed by atoms with Crippen LogP contribution in [0.15, 0.2) is 11.4 Å². The Kier molecular flexibility index (Phi) is 4.65. The maximum Gasteiger partial charge on any atom is 0.263 e. The van der Waals surface area contributed by atoms with Crippen LogP contribution in [0.5, 0.6) is 0 Å². The van der Waals surface area contributed by atoms with Crippen LogP contribution in [0.1, 0.15) is 13.8 Å². The number of methoxy groups -OCH3 is 1. The van der Waals surface area contributed by atoms with Crippen molar-refractivity contribution in [3.63, 3.8) is 0 Å². The van der Waals surface area contributed by atoms with Crippen molar-refractivity contribution in [2.24, 2.45) is 7.05 Å². The van der Waals surface area contributed by atoms with Gasteiger partial charge >= 0.3 is 0 Å². The summed E-state index contributed by atoms with van der Waals surface area (Å²) in [4.78, 5) is 3.91. The van der Waals surface area contributed by atoms with Gasteiger partial charge in [-0.25, -0.2) is 13.4 Å². The van der Waals surface area contributed by atoms with Crippen molar-refractivity contribution in [1.29, 1.82) is 0 Å². The fourth-order valence-corrected chi connectivity index (χ4v) is 4.40. The molecule has 1 fully saturated rings. The Balaban J connectivity index is 2.32. The number of aryl methyl sites for hydroxylation is 1. The van der Waals surface area contributed by atoms with Gasteiger partial charge in [-0.3, -0.25) is 0 Å². The van der Waals surface area contributed by atoms with Gasteiger partial charge in [0.1, 0.15) is 5.15 Å². The summed E-state index contributed by atoms with van der Waals surface area (Å²) in [5.74, 6) is 0. The predicted octanol–water partition coefficient (Wildman–Crippen LogP) is 0.888. The molecule has 0 spiro atoms. The van der Waals surface area contributed by atoms with Gasteiger partial charge in [-0.1, -0.05) is 11.6 Å². The average Bonchev–Trinajstić information content (AvgIpc) is 2.69. The molecule has 9 heteroatoms. The lowest BCUT2D eigenvalue weighted by molar-refractivity contribution is -0.135. The standard InChI is InChI=1S/C12H20ClN3O4S/c1-12(2)7-16(5-9(20-12)6-19-4)21(17,18)11-10(13)15(3)8-14-11/h8-9H,5-7H2,1-4H3/t9-/m0/s1. The molecule has 0 aliphatic carbocycles. The molecule has 21 heavy (non-hydrogen) atoms. The van der Waals surface area contributed by atoms with Gasteiger partial charge in [0.25, 0.3) is 10.0 Å².